The highest BCUT2D eigenvalue weighted by molar-refractivity contribution is 5.82. The van der Waals surface area contributed by atoms with Crippen molar-refractivity contribution < 1.29 is 18.7 Å². The first kappa shape index (κ1) is 19.4. The van der Waals surface area contributed by atoms with Crippen molar-refractivity contribution in [2.45, 2.75) is 26.5 Å². The molecule has 0 N–H and O–H groups in total. The Morgan fingerprint density at radius 1 is 1.31 bits per heavy atom. The van der Waals surface area contributed by atoms with Gasteiger partial charge in [0.05, 0.1) is 24.9 Å². The summed E-state index contributed by atoms with van der Waals surface area (Å²) >= 11 is 0. The SMILES string of the molecule is CC(C)Cn1ncc2cc(Oc3ccc(F)cc3)c(C3CN(C=O)CCO3)cc21. The van der Waals surface area contributed by atoms with Gasteiger partial charge in [0.1, 0.15) is 23.4 Å². The van der Waals surface area contributed by atoms with Crippen molar-refractivity contribution in [3.05, 3.63) is 54.0 Å². The van der Waals surface area contributed by atoms with Crippen LogP contribution in [0.4, 0.5) is 4.39 Å². The van der Waals surface area contributed by atoms with Gasteiger partial charge in [-0.1, -0.05) is 13.8 Å². The number of halogens is 1. The average Bonchev–Trinajstić information content (AvgIpc) is 3.10. The van der Waals surface area contributed by atoms with Gasteiger partial charge in [0, 0.05) is 24.0 Å². The molecule has 0 aliphatic carbocycles. The van der Waals surface area contributed by atoms with Gasteiger partial charge >= 0.3 is 0 Å². The molecule has 3 aromatic rings. The second kappa shape index (κ2) is 8.21. The molecule has 2 heterocycles. The fraction of sp³-hybridized carbons (Fsp3) is 0.364. The Bertz CT molecular complexity index is 1000. The van der Waals surface area contributed by atoms with Gasteiger partial charge < -0.3 is 14.4 Å². The Kier molecular flexibility index (Phi) is 5.49. The molecule has 0 radical (unpaired) electrons. The number of morpholine rings is 1. The number of hydrogen-bond acceptors (Lipinski definition) is 4. The van der Waals surface area contributed by atoms with Crippen molar-refractivity contribution in [2.75, 3.05) is 19.7 Å². The molecule has 2 aromatic carbocycles. The molecule has 0 spiro atoms. The number of carbonyl (C=O) groups excluding carboxylic acids is 1. The second-order valence-corrected chi connectivity index (χ2v) is 7.69. The van der Waals surface area contributed by atoms with Crippen LogP contribution in [-0.2, 0) is 16.1 Å². The Morgan fingerprint density at radius 3 is 2.83 bits per heavy atom. The molecule has 1 aliphatic rings. The number of amides is 1. The molecule has 1 amide bonds. The standard InChI is InChI=1S/C22H24FN3O3/c1-15(2)12-26-20-10-19(22-13-25(14-27)7-8-28-22)21(9-16(20)11-24-26)29-18-5-3-17(23)4-6-18/h3-6,9-11,14-15,22H,7-8,12-13H2,1-2H3. The van der Waals surface area contributed by atoms with E-state index in [1.807, 2.05) is 23.0 Å². The first-order valence-electron chi connectivity index (χ1n) is 9.77. The van der Waals surface area contributed by atoms with E-state index in [1.54, 1.807) is 17.0 Å². The summed E-state index contributed by atoms with van der Waals surface area (Å²) in [5.74, 6) is 1.28. The van der Waals surface area contributed by atoms with Gasteiger partial charge in [-0.15, -0.1) is 0 Å². The Labute approximate surface area is 168 Å². The van der Waals surface area contributed by atoms with Crippen LogP contribution in [0.25, 0.3) is 10.9 Å². The van der Waals surface area contributed by atoms with Crippen molar-refractivity contribution in [3.63, 3.8) is 0 Å². The Hall–Kier alpha value is -2.93. The predicted octanol–water partition coefficient (Wildman–Crippen LogP) is 4.15. The number of nitrogens with zero attached hydrogens (tertiary/aromatic N) is 3. The monoisotopic (exact) mass is 397 g/mol. The number of benzene rings is 2. The minimum Gasteiger partial charge on any atom is -0.457 e. The lowest BCUT2D eigenvalue weighted by atomic mass is 10.0. The normalized spacial score (nSPS) is 17.1. The van der Waals surface area contributed by atoms with Crippen molar-refractivity contribution in [3.8, 4) is 11.5 Å². The summed E-state index contributed by atoms with van der Waals surface area (Å²) in [6.07, 6.45) is 2.35. The van der Waals surface area contributed by atoms with Crippen LogP contribution in [0.1, 0.15) is 25.5 Å². The summed E-state index contributed by atoms with van der Waals surface area (Å²) in [6.45, 7) is 6.57. The van der Waals surface area contributed by atoms with Crippen molar-refractivity contribution in [2.24, 2.45) is 5.92 Å². The van der Waals surface area contributed by atoms with E-state index in [0.29, 0.717) is 37.1 Å². The Balaban J connectivity index is 1.76. The topological polar surface area (TPSA) is 56.6 Å². The van der Waals surface area contributed by atoms with Crippen LogP contribution < -0.4 is 4.74 Å². The number of rotatable bonds is 6. The maximum Gasteiger partial charge on any atom is 0.209 e. The zero-order valence-corrected chi connectivity index (χ0v) is 16.5. The van der Waals surface area contributed by atoms with E-state index in [9.17, 15) is 9.18 Å². The third-order valence-electron chi connectivity index (χ3n) is 4.95. The molecular formula is C22H24FN3O3. The third kappa shape index (κ3) is 4.24. The van der Waals surface area contributed by atoms with Crippen LogP contribution in [0.5, 0.6) is 11.5 Å². The summed E-state index contributed by atoms with van der Waals surface area (Å²) in [5, 5.41) is 5.47. The smallest absolute Gasteiger partial charge is 0.209 e. The maximum absolute atomic E-state index is 13.3. The summed E-state index contributed by atoms with van der Waals surface area (Å²) in [4.78, 5) is 13.0. The number of hydrogen-bond donors (Lipinski definition) is 0. The van der Waals surface area contributed by atoms with E-state index in [1.165, 1.54) is 12.1 Å². The number of fused-ring (bicyclic) bond motifs is 1. The number of carbonyl (C=O) groups is 1. The quantitative estimate of drug-likeness (QED) is 0.586. The van der Waals surface area contributed by atoms with Gasteiger partial charge in [-0.05, 0) is 42.3 Å². The van der Waals surface area contributed by atoms with Crippen LogP contribution in [0.3, 0.4) is 0 Å². The number of aromatic nitrogens is 2. The van der Waals surface area contributed by atoms with Gasteiger partial charge in [0.2, 0.25) is 6.41 Å². The minimum absolute atomic E-state index is 0.309. The summed E-state index contributed by atoms with van der Waals surface area (Å²) in [5.41, 5.74) is 1.84. The second-order valence-electron chi connectivity index (χ2n) is 7.69. The number of ether oxygens (including phenoxy) is 2. The van der Waals surface area contributed by atoms with Crippen LogP contribution >= 0.6 is 0 Å². The molecule has 0 bridgehead atoms. The molecule has 1 saturated heterocycles. The molecule has 1 fully saturated rings. The molecule has 6 nitrogen and oxygen atoms in total. The lowest BCUT2D eigenvalue weighted by Crippen LogP contribution is -2.37. The van der Waals surface area contributed by atoms with Crippen molar-refractivity contribution in [1.82, 2.24) is 14.7 Å². The molecule has 29 heavy (non-hydrogen) atoms. The lowest BCUT2D eigenvalue weighted by molar-refractivity contribution is -0.125. The Morgan fingerprint density at radius 2 is 2.10 bits per heavy atom. The molecule has 1 unspecified atom stereocenters. The first-order valence-corrected chi connectivity index (χ1v) is 9.77. The largest absolute Gasteiger partial charge is 0.457 e. The van der Waals surface area contributed by atoms with Crippen LogP contribution in [-0.4, -0.2) is 40.8 Å². The zero-order valence-electron chi connectivity index (χ0n) is 16.5. The van der Waals surface area contributed by atoms with E-state index >= 15 is 0 Å². The van der Waals surface area contributed by atoms with E-state index < -0.39 is 0 Å². The van der Waals surface area contributed by atoms with Crippen LogP contribution in [0, 0.1) is 11.7 Å². The van der Waals surface area contributed by atoms with Gasteiger partial charge in [-0.3, -0.25) is 9.48 Å². The molecule has 7 heteroatoms. The van der Waals surface area contributed by atoms with E-state index in [-0.39, 0.29) is 11.9 Å². The zero-order chi connectivity index (χ0) is 20.4. The van der Waals surface area contributed by atoms with Gasteiger partial charge in [0.25, 0.3) is 0 Å². The van der Waals surface area contributed by atoms with Crippen molar-refractivity contribution in [1.29, 1.82) is 0 Å². The molecule has 1 atom stereocenters. The van der Waals surface area contributed by atoms with E-state index in [4.69, 9.17) is 9.47 Å². The molecule has 1 aromatic heterocycles. The van der Waals surface area contributed by atoms with Gasteiger partial charge in [-0.25, -0.2) is 4.39 Å². The highest BCUT2D eigenvalue weighted by Gasteiger charge is 2.25. The summed E-state index contributed by atoms with van der Waals surface area (Å²) < 4.78 is 27.3. The first-order chi connectivity index (χ1) is 14.0. The van der Waals surface area contributed by atoms with Crippen LogP contribution in [0.15, 0.2) is 42.6 Å². The highest BCUT2D eigenvalue weighted by atomic mass is 19.1. The lowest BCUT2D eigenvalue weighted by Gasteiger charge is -2.31. The minimum atomic E-state index is -0.319. The maximum atomic E-state index is 13.3. The fourth-order valence-electron chi connectivity index (χ4n) is 3.54. The predicted molar refractivity (Wildman–Crippen MR) is 107 cm³/mol. The van der Waals surface area contributed by atoms with Crippen LogP contribution in [0.2, 0.25) is 0 Å². The van der Waals surface area contributed by atoms with Gasteiger partial charge in [0.15, 0.2) is 0 Å². The van der Waals surface area contributed by atoms with E-state index in [0.717, 1.165) is 29.4 Å². The average molecular weight is 397 g/mol. The molecule has 1 aliphatic heterocycles. The third-order valence-corrected chi connectivity index (χ3v) is 4.95. The van der Waals surface area contributed by atoms with Crippen molar-refractivity contribution >= 4 is 17.3 Å². The highest BCUT2D eigenvalue weighted by Crippen LogP contribution is 2.36. The molecular weight excluding hydrogens is 373 g/mol. The molecule has 152 valence electrons. The summed E-state index contributed by atoms with van der Waals surface area (Å²) in [6, 6.07) is 9.86. The van der Waals surface area contributed by atoms with Gasteiger partial charge in [-0.2, -0.15) is 5.10 Å². The molecule has 0 saturated carbocycles. The van der Waals surface area contributed by atoms with E-state index in [2.05, 4.69) is 18.9 Å². The molecule has 4 rings (SSSR count). The fourth-order valence-corrected chi connectivity index (χ4v) is 3.54. The summed E-state index contributed by atoms with van der Waals surface area (Å²) in [7, 11) is 0.